The molecule has 8 saturated carbocycles. The topological polar surface area (TPSA) is 153 Å². The summed E-state index contributed by atoms with van der Waals surface area (Å²) < 4.78 is 15.5. The summed E-state index contributed by atoms with van der Waals surface area (Å²) in [6.07, 6.45) is 22.5. The van der Waals surface area contributed by atoms with E-state index in [1.165, 1.54) is 89.9 Å². The van der Waals surface area contributed by atoms with E-state index in [0.29, 0.717) is 120 Å². The van der Waals surface area contributed by atoms with Gasteiger partial charge in [-0.1, -0.05) is 94.9 Å². The van der Waals surface area contributed by atoms with Crippen molar-refractivity contribution in [1.82, 2.24) is 0 Å². The van der Waals surface area contributed by atoms with Gasteiger partial charge in [0.15, 0.2) is 6.79 Å². The fourth-order valence-electron chi connectivity index (χ4n) is 19.8. The Balaban J connectivity index is 0.000000250. The number of hydrogen-bond acceptors (Lipinski definition) is 8. The maximum Gasteiger partial charge on any atom is 1.00 e. The summed E-state index contributed by atoms with van der Waals surface area (Å²) in [4.78, 5) is 23.4. The van der Waals surface area contributed by atoms with Crippen LogP contribution in [0.1, 0.15) is 198 Å². The van der Waals surface area contributed by atoms with Crippen LogP contribution in [-0.4, -0.2) is 72.1 Å². The molecule has 0 spiro atoms. The van der Waals surface area contributed by atoms with Crippen LogP contribution in [0.4, 0.5) is 0 Å². The number of esters is 1. The third kappa shape index (κ3) is 10.9. The summed E-state index contributed by atoms with van der Waals surface area (Å²) >= 11 is 0. The van der Waals surface area contributed by atoms with Crippen molar-refractivity contribution in [2.75, 3.05) is 27.1 Å². The molecule has 0 aliphatic heterocycles. The van der Waals surface area contributed by atoms with Crippen LogP contribution in [0.2, 0.25) is 0 Å². The minimum absolute atomic E-state index is 0. The molecule has 0 unspecified atom stereocenters. The summed E-state index contributed by atoms with van der Waals surface area (Å²) in [7, 11) is 1.63. The van der Waals surface area contributed by atoms with Crippen LogP contribution < -0.4 is 29.6 Å². The van der Waals surface area contributed by atoms with Crippen molar-refractivity contribution in [3.63, 3.8) is 0 Å². The van der Waals surface area contributed by atoms with Gasteiger partial charge in [0.1, 0.15) is 0 Å². The summed E-state index contributed by atoms with van der Waals surface area (Å²) in [6.45, 7) is 25.3. The molecule has 4 N–H and O–H groups in total. The second-order valence-corrected chi connectivity index (χ2v) is 26.1. The van der Waals surface area contributed by atoms with E-state index >= 15 is 0 Å². The molecule has 8 fully saturated rings. The van der Waals surface area contributed by atoms with Crippen LogP contribution in [0.5, 0.6) is 0 Å². The maximum absolute atomic E-state index is 12.3. The second-order valence-electron chi connectivity index (χ2n) is 26.1. The van der Waals surface area contributed by atoms with E-state index in [0.717, 1.165) is 37.5 Å². The van der Waals surface area contributed by atoms with Crippen molar-refractivity contribution in [3.8, 4) is 0 Å². The number of aliphatic carboxylic acids is 1. The van der Waals surface area contributed by atoms with Crippen molar-refractivity contribution in [2.45, 2.75) is 210 Å². The van der Waals surface area contributed by atoms with E-state index in [4.69, 9.17) is 14.2 Å². The van der Waals surface area contributed by atoms with Gasteiger partial charge < -0.3 is 35.0 Å². The normalized spacial score (nSPS) is 46.5. The standard InChI is InChI=1S/C31H54O5.C27H46O3.Na.H2O/c1-7-22-26-18-20(2)12-14-31(26,5)25-13-15-30(4)23(9-10-24(30)28(25)29(22)33)21(3)8-11-27(32)36-19-35-17-16-34-6;1-6-18-22-15-16(2)11-13-27(22,5)21-12-14-26(4)19(17(3)7-10-23(28)29)8-9-20(26)24(21)25(18)30;;/h20-26,28-29,33H,7-19H2,1-6H3;16-22,24-25,30H,6-15H2,1-5H3,(H,28,29);;1H2/q;;+1;/p-1/t20-,21-,22-,23-,24+,25+,26+,28+,29-,30-,31-;16-,17-,18-,19-,20+,21+,22+,24+,25-,26-,27-;;/m11../s1. The molecule has 388 valence electrons. The first-order valence-corrected chi connectivity index (χ1v) is 28.1. The molecular weight excluding hydrogens is 864 g/mol. The van der Waals surface area contributed by atoms with Crippen molar-refractivity contribution in [3.05, 3.63) is 0 Å². The predicted molar refractivity (Wildman–Crippen MR) is 265 cm³/mol. The number of aliphatic hydroxyl groups excluding tert-OH is 2. The smallest absolute Gasteiger partial charge is 0.870 e. The number of carboxylic acid groups (broad SMARTS) is 1. The molecule has 8 rings (SSSR count). The van der Waals surface area contributed by atoms with Gasteiger partial charge >= 0.3 is 41.5 Å². The summed E-state index contributed by atoms with van der Waals surface area (Å²) in [5, 5.41) is 32.9. The minimum Gasteiger partial charge on any atom is -0.870 e. The molecule has 8 aliphatic rings. The van der Waals surface area contributed by atoms with Crippen LogP contribution in [-0.2, 0) is 23.8 Å². The van der Waals surface area contributed by atoms with Gasteiger partial charge in [-0.15, -0.1) is 0 Å². The zero-order chi connectivity index (χ0) is 47.9. The monoisotopic (exact) mass is 965 g/mol. The molecular formula is C58H101NaO9. The van der Waals surface area contributed by atoms with Crippen LogP contribution >= 0.6 is 0 Å². The molecule has 0 aromatic rings. The van der Waals surface area contributed by atoms with Gasteiger partial charge in [-0.3, -0.25) is 9.59 Å². The van der Waals surface area contributed by atoms with E-state index in [2.05, 4.69) is 69.2 Å². The number of carboxylic acids is 1. The molecule has 10 heteroatoms. The van der Waals surface area contributed by atoms with Gasteiger partial charge in [-0.25, -0.2) is 0 Å². The van der Waals surface area contributed by atoms with E-state index in [-0.39, 0.29) is 70.8 Å². The van der Waals surface area contributed by atoms with E-state index in [9.17, 15) is 24.9 Å². The quantitative estimate of drug-likeness (QED) is 0.0631. The van der Waals surface area contributed by atoms with Crippen molar-refractivity contribution in [1.29, 1.82) is 0 Å². The fourth-order valence-corrected chi connectivity index (χ4v) is 19.8. The summed E-state index contributed by atoms with van der Waals surface area (Å²) in [6, 6.07) is 0. The summed E-state index contributed by atoms with van der Waals surface area (Å²) in [5.74, 6) is 8.78. The Kier molecular flexibility index (Phi) is 20.6. The van der Waals surface area contributed by atoms with E-state index in [1.807, 2.05) is 0 Å². The van der Waals surface area contributed by atoms with Crippen molar-refractivity contribution >= 4 is 11.9 Å². The summed E-state index contributed by atoms with van der Waals surface area (Å²) in [5.41, 5.74) is 1.37. The number of methoxy groups -OCH3 is 1. The average Bonchev–Trinajstić information content (AvgIpc) is 3.83. The Hall–Kier alpha value is -0.260. The molecule has 22 atom stereocenters. The number of carbonyl (C=O) groups excluding carboxylic acids is 1. The number of hydrogen-bond donors (Lipinski definition) is 3. The molecule has 0 amide bonds. The van der Waals surface area contributed by atoms with Gasteiger partial charge in [0.25, 0.3) is 0 Å². The van der Waals surface area contributed by atoms with Crippen molar-refractivity contribution in [2.24, 2.45) is 116 Å². The largest absolute Gasteiger partial charge is 1.00 e. The molecule has 0 aromatic carbocycles. The number of rotatable bonds is 15. The first-order chi connectivity index (χ1) is 31.3. The number of fused-ring (bicyclic) bond motifs is 10. The van der Waals surface area contributed by atoms with Gasteiger partial charge in [-0.05, 0) is 206 Å². The molecule has 68 heavy (non-hydrogen) atoms. The Morgan fingerprint density at radius 3 is 1.43 bits per heavy atom. The molecule has 8 aliphatic carbocycles. The number of aliphatic hydroxyl groups is 2. The molecule has 0 heterocycles. The molecule has 0 aromatic heterocycles. The minimum atomic E-state index is -0.663. The third-order valence-electron chi connectivity index (χ3n) is 23.2. The fraction of sp³-hybridized carbons (Fsp3) is 0.966. The van der Waals surface area contributed by atoms with Crippen LogP contribution in [0.3, 0.4) is 0 Å². The average molecular weight is 965 g/mol. The zero-order valence-electron chi connectivity index (χ0n) is 45.5. The maximum atomic E-state index is 12.3. The van der Waals surface area contributed by atoms with Crippen LogP contribution in [0.15, 0.2) is 0 Å². The SMILES string of the molecule is CC[C@H]1[C@@H](O)[C@@H]2[C@H](CC[C@]3(C)[C@@H]([C@H](C)CCC(=O)O)CC[C@@H]23)[C@@]2(C)CC[C@@H](C)C[C@@H]12.CC[C@H]1[C@@H](O)[C@@H]2[C@H](CC[C@]3(C)[C@@H]([C@H](C)CCC(=O)OCOCCOC)CC[C@@H]23)[C@@]2(C)CC[C@@H](C)C[C@@H]12.[Na+].[OH-]. The number of ether oxygens (including phenoxy) is 3. The Labute approximate surface area is 436 Å². The third-order valence-corrected chi connectivity index (χ3v) is 23.2. The molecule has 9 nitrogen and oxygen atoms in total. The van der Waals surface area contributed by atoms with Gasteiger partial charge in [0.2, 0.25) is 0 Å². The Bertz CT molecular complexity index is 1630. The van der Waals surface area contributed by atoms with Crippen molar-refractivity contribution < 1.29 is 74.2 Å². The Morgan fingerprint density at radius 1 is 0.603 bits per heavy atom. The van der Waals surface area contributed by atoms with Crippen LogP contribution in [0.25, 0.3) is 0 Å². The second kappa shape index (κ2) is 24.0. The number of carbonyl (C=O) groups is 2. The van der Waals surface area contributed by atoms with Crippen LogP contribution in [0, 0.1) is 116 Å². The molecule has 0 bridgehead atoms. The molecule has 0 radical (unpaired) electrons. The van der Waals surface area contributed by atoms with Gasteiger partial charge in [0, 0.05) is 20.0 Å². The van der Waals surface area contributed by atoms with E-state index in [1.54, 1.807) is 7.11 Å². The predicted octanol–water partition coefficient (Wildman–Crippen LogP) is 9.68. The first kappa shape index (κ1) is 58.6. The van der Waals surface area contributed by atoms with E-state index < -0.39 is 5.97 Å². The Morgan fingerprint density at radius 2 is 1.01 bits per heavy atom. The zero-order valence-corrected chi connectivity index (χ0v) is 47.5. The molecule has 0 saturated heterocycles. The van der Waals surface area contributed by atoms with Gasteiger partial charge in [-0.2, -0.15) is 0 Å². The first-order valence-electron chi connectivity index (χ1n) is 28.1. The van der Waals surface area contributed by atoms with Gasteiger partial charge in [0.05, 0.1) is 25.4 Å².